The average molecular weight is 267 g/mol. The maximum atomic E-state index is 11.8. The van der Waals surface area contributed by atoms with Crippen LogP contribution in [0, 0.1) is 0 Å². The van der Waals surface area contributed by atoms with E-state index in [1.807, 2.05) is 44.2 Å². The topological polar surface area (TPSA) is 49.3 Å². The first kappa shape index (κ1) is 15.1. The van der Waals surface area contributed by atoms with Crippen LogP contribution in [0.15, 0.2) is 35.2 Å². The number of hydrogen-bond acceptors (Lipinski definition) is 3. The summed E-state index contributed by atoms with van der Waals surface area (Å²) >= 11 is 1.54. The largest absolute Gasteiger partial charge is 0.393 e. The molecule has 100 valence electrons. The SMILES string of the molecule is CCC(O)CCNC(=O)C(C)Sc1ccccc1. The molecule has 0 aliphatic heterocycles. The lowest BCUT2D eigenvalue weighted by Gasteiger charge is -2.13. The Hall–Kier alpha value is -1.00. The molecule has 2 unspecified atom stereocenters. The smallest absolute Gasteiger partial charge is 0.233 e. The Bertz CT molecular complexity index is 356. The van der Waals surface area contributed by atoms with Crippen LogP contribution in [0.3, 0.4) is 0 Å². The van der Waals surface area contributed by atoms with Crippen molar-refractivity contribution in [1.82, 2.24) is 5.32 Å². The van der Waals surface area contributed by atoms with Crippen molar-refractivity contribution in [3.05, 3.63) is 30.3 Å². The molecule has 1 aromatic carbocycles. The minimum atomic E-state index is -0.317. The fourth-order valence-electron chi connectivity index (χ4n) is 1.47. The van der Waals surface area contributed by atoms with Crippen LogP contribution in [-0.4, -0.2) is 28.9 Å². The first-order valence-corrected chi connectivity index (χ1v) is 7.19. The lowest BCUT2D eigenvalue weighted by molar-refractivity contribution is -0.120. The molecule has 1 aromatic rings. The van der Waals surface area contributed by atoms with E-state index in [1.54, 1.807) is 11.8 Å². The molecule has 0 saturated heterocycles. The molecule has 0 aromatic heterocycles. The van der Waals surface area contributed by atoms with Gasteiger partial charge < -0.3 is 10.4 Å². The zero-order valence-corrected chi connectivity index (χ0v) is 11.7. The number of aliphatic hydroxyl groups is 1. The van der Waals surface area contributed by atoms with E-state index >= 15 is 0 Å². The maximum absolute atomic E-state index is 11.8. The predicted octanol–water partition coefficient (Wildman–Crippen LogP) is 2.44. The van der Waals surface area contributed by atoms with Gasteiger partial charge in [0.15, 0.2) is 0 Å². The molecule has 0 radical (unpaired) electrons. The number of carbonyl (C=O) groups is 1. The fraction of sp³-hybridized carbons (Fsp3) is 0.500. The molecule has 2 N–H and O–H groups in total. The molecule has 1 rings (SSSR count). The molecule has 0 spiro atoms. The highest BCUT2D eigenvalue weighted by Gasteiger charge is 2.13. The summed E-state index contributed by atoms with van der Waals surface area (Å²) in [6, 6.07) is 9.88. The molecule has 0 aliphatic rings. The highest BCUT2D eigenvalue weighted by Crippen LogP contribution is 2.22. The summed E-state index contributed by atoms with van der Waals surface area (Å²) in [5, 5.41) is 12.1. The highest BCUT2D eigenvalue weighted by atomic mass is 32.2. The summed E-state index contributed by atoms with van der Waals surface area (Å²) in [7, 11) is 0. The molecule has 18 heavy (non-hydrogen) atoms. The first-order valence-electron chi connectivity index (χ1n) is 6.31. The Kier molecular flexibility index (Phi) is 6.83. The second-order valence-corrected chi connectivity index (χ2v) is 5.63. The lowest BCUT2D eigenvalue weighted by Crippen LogP contribution is -2.33. The van der Waals surface area contributed by atoms with Gasteiger partial charge in [-0.3, -0.25) is 4.79 Å². The molecule has 0 aliphatic carbocycles. The monoisotopic (exact) mass is 267 g/mol. The molecule has 3 nitrogen and oxygen atoms in total. The Morgan fingerprint density at radius 2 is 2.06 bits per heavy atom. The van der Waals surface area contributed by atoms with E-state index < -0.39 is 0 Å². The number of carbonyl (C=O) groups excluding carboxylic acids is 1. The molecule has 4 heteroatoms. The van der Waals surface area contributed by atoms with Crippen molar-refractivity contribution in [2.75, 3.05) is 6.54 Å². The van der Waals surface area contributed by atoms with Crippen LogP contribution in [-0.2, 0) is 4.79 Å². The third-order valence-electron chi connectivity index (χ3n) is 2.67. The molecule has 0 fully saturated rings. The summed E-state index contributed by atoms with van der Waals surface area (Å²) < 4.78 is 0. The van der Waals surface area contributed by atoms with Gasteiger partial charge in [-0.25, -0.2) is 0 Å². The summed E-state index contributed by atoms with van der Waals surface area (Å²) in [5.74, 6) is 0.0205. The van der Waals surface area contributed by atoms with Crippen LogP contribution < -0.4 is 5.32 Å². The lowest BCUT2D eigenvalue weighted by atomic mass is 10.2. The standard InChI is InChI=1S/C14H21NO2S/c1-3-12(16)9-10-15-14(17)11(2)18-13-7-5-4-6-8-13/h4-8,11-12,16H,3,9-10H2,1-2H3,(H,15,17). The average Bonchev–Trinajstić information content (AvgIpc) is 2.39. The van der Waals surface area contributed by atoms with E-state index in [-0.39, 0.29) is 17.3 Å². The number of benzene rings is 1. The van der Waals surface area contributed by atoms with Crippen molar-refractivity contribution < 1.29 is 9.90 Å². The molecular formula is C14H21NO2S. The number of hydrogen-bond donors (Lipinski definition) is 2. The van der Waals surface area contributed by atoms with Crippen molar-refractivity contribution in [2.24, 2.45) is 0 Å². The molecule has 2 atom stereocenters. The van der Waals surface area contributed by atoms with Crippen LogP contribution in [0.4, 0.5) is 0 Å². The Labute approximate surface area is 113 Å². The van der Waals surface area contributed by atoms with E-state index in [0.29, 0.717) is 13.0 Å². The highest BCUT2D eigenvalue weighted by molar-refractivity contribution is 8.00. The summed E-state index contributed by atoms with van der Waals surface area (Å²) in [5.41, 5.74) is 0. The predicted molar refractivity (Wildman–Crippen MR) is 75.7 cm³/mol. The van der Waals surface area contributed by atoms with Crippen LogP contribution in [0.25, 0.3) is 0 Å². The molecule has 1 amide bonds. The molecular weight excluding hydrogens is 246 g/mol. The third-order valence-corrected chi connectivity index (χ3v) is 3.79. The summed E-state index contributed by atoms with van der Waals surface area (Å²) in [6.45, 7) is 4.36. The molecule has 0 saturated carbocycles. The van der Waals surface area contributed by atoms with Gasteiger partial charge in [0.2, 0.25) is 5.91 Å². The molecule has 0 bridgehead atoms. The van der Waals surface area contributed by atoms with Crippen molar-refractivity contribution >= 4 is 17.7 Å². The Balaban J connectivity index is 2.29. The second kappa shape index (κ2) is 8.16. The number of thioether (sulfide) groups is 1. The number of rotatable bonds is 7. The quantitative estimate of drug-likeness (QED) is 0.746. The van der Waals surface area contributed by atoms with E-state index in [9.17, 15) is 9.90 Å². The zero-order valence-electron chi connectivity index (χ0n) is 10.9. The zero-order chi connectivity index (χ0) is 13.4. The van der Waals surface area contributed by atoms with E-state index in [0.717, 1.165) is 11.3 Å². The van der Waals surface area contributed by atoms with Gasteiger partial charge in [0.1, 0.15) is 0 Å². The first-order chi connectivity index (χ1) is 8.63. The summed E-state index contributed by atoms with van der Waals surface area (Å²) in [4.78, 5) is 12.9. The van der Waals surface area contributed by atoms with Crippen molar-refractivity contribution in [1.29, 1.82) is 0 Å². The van der Waals surface area contributed by atoms with Gasteiger partial charge in [-0.2, -0.15) is 0 Å². The third kappa shape index (κ3) is 5.56. The van der Waals surface area contributed by atoms with Gasteiger partial charge in [-0.1, -0.05) is 25.1 Å². The number of amides is 1. The normalized spacial score (nSPS) is 13.9. The van der Waals surface area contributed by atoms with Crippen LogP contribution in [0.1, 0.15) is 26.7 Å². The Morgan fingerprint density at radius 1 is 1.39 bits per heavy atom. The van der Waals surface area contributed by atoms with Crippen LogP contribution >= 0.6 is 11.8 Å². The molecule has 0 heterocycles. The van der Waals surface area contributed by atoms with E-state index in [2.05, 4.69) is 5.32 Å². The van der Waals surface area contributed by atoms with Gasteiger partial charge in [-0.05, 0) is 31.9 Å². The number of nitrogens with one attached hydrogen (secondary N) is 1. The fourth-order valence-corrected chi connectivity index (χ4v) is 2.38. The number of aliphatic hydroxyl groups excluding tert-OH is 1. The van der Waals surface area contributed by atoms with E-state index in [1.165, 1.54) is 0 Å². The van der Waals surface area contributed by atoms with Crippen molar-refractivity contribution in [2.45, 2.75) is 42.9 Å². The van der Waals surface area contributed by atoms with Crippen LogP contribution in [0.5, 0.6) is 0 Å². The second-order valence-electron chi connectivity index (χ2n) is 4.21. The minimum Gasteiger partial charge on any atom is -0.393 e. The Morgan fingerprint density at radius 3 is 2.67 bits per heavy atom. The van der Waals surface area contributed by atoms with Crippen molar-refractivity contribution in [3.8, 4) is 0 Å². The van der Waals surface area contributed by atoms with Crippen molar-refractivity contribution in [3.63, 3.8) is 0 Å². The minimum absolute atomic E-state index is 0.0205. The maximum Gasteiger partial charge on any atom is 0.233 e. The van der Waals surface area contributed by atoms with Gasteiger partial charge in [0, 0.05) is 11.4 Å². The van der Waals surface area contributed by atoms with Gasteiger partial charge in [-0.15, -0.1) is 11.8 Å². The van der Waals surface area contributed by atoms with Crippen LogP contribution in [0.2, 0.25) is 0 Å². The van der Waals surface area contributed by atoms with Gasteiger partial charge in [0.05, 0.1) is 11.4 Å². The summed E-state index contributed by atoms with van der Waals surface area (Å²) in [6.07, 6.45) is 1.03. The van der Waals surface area contributed by atoms with Gasteiger partial charge in [0.25, 0.3) is 0 Å². The van der Waals surface area contributed by atoms with Gasteiger partial charge >= 0.3 is 0 Å². The van der Waals surface area contributed by atoms with E-state index in [4.69, 9.17) is 0 Å².